The Morgan fingerprint density at radius 1 is 1.19 bits per heavy atom. The molecule has 0 heterocycles. The van der Waals surface area contributed by atoms with Gasteiger partial charge in [-0.2, -0.15) is 4.31 Å². The Morgan fingerprint density at radius 2 is 1.85 bits per heavy atom. The summed E-state index contributed by atoms with van der Waals surface area (Å²) < 4.78 is 31.6. The van der Waals surface area contributed by atoms with Crippen molar-refractivity contribution in [3.63, 3.8) is 0 Å². The van der Waals surface area contributed by atoms with Crippen LogP contribution in [0.4, 0.5) is 0 Å². The highest BCUT2D eigenvalue weighted by molar-refractivity contribution is 7.89. The number of aryl methyl sites for hydroxylation is 1. The van der Waals surface area contributed by atoms with E-state index in [0.29, 0.717) is 11.3 Å². The molecule has 2 rings (SSSR count). The first-order valence-corrected chi connectivity index (χ1v) is 9.65. The minimum absolute atomic E-state index is 0.127. The minimum atomic E-state index is -3.77. The van der Waals surface area contributed by atoms with Gasteiger partial charge in [0.25, 0.3) is 0 Å². The first kappa shape index (κ1) is 19.9. The summed E-state index contributed by atoms with van der Waals surface area (Å²) in [5.74, 6) is 0.249. The zero-order chi connectivity index (χ0) is 19.3. The van der Waals surface area contributed by atoms with Crippen LogP contribution in [-0.4, -0.2) is 39.3 Å². The predicted octanol–water partition coefficient (Wildman–Crippen LogP) is 2.50. The number of amides is 1. The SMILES string of the molecule is COc1ccc(S(=O)(=O)N(C)CC(=O)N[C@H](C)c2ccccc2)cc1C. The molecule has 0 radical (unpaired) electrons. The van der Waals surface area contributed by atoms with Crippen LogP contribution in [0.1, 0.15) is 24.1 Å². The topological polar surface area (TPSA) is 75.7 Å². The molecule has 2 aromatic rings. The molecule has 1 amide bonds. The molecule has 1 atom stereocenters. The Morgan fingerprint density at radius 3 is 2.42 bits per heavy atom. The van der Waals surface area contributed by atoms with Crippen molar-refractivity contribution >= 4 is 15.9 Å². The van der Waals surface area contributed by atoms with E-state index in [-0.39, 0.29) is 23.4 Å². The quantitative estimate of drug-likeness (QED) is 0.806. The smallest absolute Gasteiger partial charge is 0.243 e. The van der Waals surface area contributed by atoms with Crippen LogP contribution < -0.4 is 10.1 Å². The van der Waals surface area contributed by atoms with Crippen LogP contribution in [0.3, 0.4) is 0 Å². The summed E-state index contributed by atoms with van der Waals surface area (Å²) in [5.41, 5.74) is 1.67. The van der Waals surface area contributed by atoms with Gasteiger partial charge in [0, 0.05) is 7.05 Å². The van der Waals surface area contributed by atoms with Crippen LogP contribution in [0.25, 0.3) is 0 Å². The fourth-order valence-corrected chi connectivity index (χ4v) is 3.80. The number of rotatable bonds is 7. The molecule has 6 nitrogen and oxygen atoms in total. The van der Waals surface area contributed by atoms with Gasteiger partial charge in [0.1, 0.15) is 5.75 Å². The van der Waals surface area contributed by atoms with Crippen molar-refractivity contribution in [3.8, 4) is 5.75 Å². The highest BCUT2D eigenvalue weighted by Gasteiger charge is 2.24. The largest absolute Gasteiger partial charge is 0.496 e. The number of hydrogen-bond acceptors (Lipinski definition) is 4. The van der Waals surface area contributed by atoms with Crippen molar-refractivity contribution in [3.05, 3.63) is 59.7 Å². The predicted molar refractivity (Wildman–Crippen MR) is 101 cm³/mol. The van der Waals surface area contributed by atoms with Crippen LogP contribution in [0, 0.1) is 6.92 Å². The molecule has 0 spiro atoms. The monoisotopic (exact) mass is 376 g/mol. The van der Waals surface area contributed by atoms with Crippen molar-refractivity contribution in [2.45, 2.75) is 24.8 Å². The fraction of sp³-hybridized carbons (Fsp3) is 0.316. The molecule has 0 aromatic heterocycles. The summed E-state index contributed by atoms with van der Waals surface area (Å²) in [4.78, 5) is 12.4. The summed E-state index contributed by atoms with van der Waals surface area (Å²) in [6.45, 7) is 3.37. The molecular weight excluding hydrogens is 352 g/mol. The lowest BCUT2D eigenvalue weighted by Crippen LogP contribution is -2.39. The second kappa shape index (κ2) is 8.33. The Balaban J connectivity index is 2.06. The van der Waals surface area contributed by atoms with Gasteiger partial charge in [-0.15, -0.1) is 0 Å². The van der Waals surface area contributed by atoms with Gasteiger partial charge in [0.05, 0.1) is 24.6 Å². The van der Waals surface area contributed by atoms with Crippen LogP contribution in [0.2, 0.25) is 0 Å². The minimum Gasteiger partial charge on any atom is -0.496 e. The maximum absolute atomic E-state index is 12.7. The summed E-state index contributed by atoms with van der Waals surface area (Å²) in [7, 11) is -0.846. The molecule has 0 bridgehead atoms. The van der Waals surface area contributed by atoms with Gasteiger partial charge >= 0.3 is 0 Å². The second-order valence-electron chi connectivity index (χ2n) is 6.09. The Kier molecular flexibility index (Phi) is 6.39. The Hall–Kier alpha value is -2.38. The molecule has 2 aromatic carbocycles. The molecule has 0 saturated carbocycles. The van der Waals surface area contributed by atoms with E-state index in [1.54, 1.807) is 13.0 Å². The standard InChI is InChI=1S/C19H24N2O4S/c1-14-12-17(10-11-18(14)25-4)26(23,24)21(3)13-19(22)20-15(2)16-8-6-5-7-9-16/h5-12,15H,13H2,1-4H3,(H,20,22)/t15-/m1/s1. The number of carbonyl (C=O) groups is 1. The van der Waals surface area contributed by atoms with Crippen LogP contribution in [-0.2, 0) is 14.8 Å². The maximum atomic E-state index is 12.7. The average Bonchev–Trinajstić information content (AvgIpc) is 2.62. The van der Waals surface area contributed by atoms with E-state index in [2.05, 4.69) is 5.32 Å². The molecule has 0 aliphatic rings. The Bertz CT molecular complexity index is 866. The third-order valence-electron chi connectivity index (χ3n) is 4.12. The van der Waals surface area contributed by atoms with Gasteiger partial charge in [-0.05, 0) is 43.2 Å². The van der Waals surface area contributed by atoms with Crippen molar-refractivity contribution in [1.82, 2.24) is 9.62 Å². The third-order valence-corrected chi connectivity index (χ3v) is 5.92. The molecule has 140 valence electrons. The lowest BCUT2D eigenvalue weighted by Gasteiger charge is -2.20. The number of sulfonamides is 1. The fourth-order valence-electron chi connectivity index (χ4n) is 2.59. The zero-order valence-electron chi connectivity index (χ0n) is 15.4. The second-order valence-corrected chi connectivity index (χ2v) is 8.14. The lowest BCUT2D eigenvalue weighted by atomic mass is 10.1. The molecule has 0 fully saturated rings. The number of methoxy groups -OCH3 is 1. The molecule has 0 unspecified atom stereocenters. The molecule has 26 heavy (non-hydrogen) atoms. The van der Waals surface area contributed by atoms with E-state index in [1.165, 1.54) is 26.3 Å². The van der Waals surface area contributed by atoms with Gasteiger partial charge in [0.15, 0.2) is 0 Å². The summed E-state index contributed by atoms with van der Waals surface area (Å²) >= 11 is 0. The first-order chi connectivity index (χ1) is 12.3. The van der Waals surface area contributed by atoms with E-state index in [1.807, 2.05) is 37.3 Å². The number of likely N-dealkylation sites (N-methyl/N-ethyl adjacent to an activating group) is 1. The molecule has 0 aliphatic carbocycles. The molecular formula is C19H24N2O4S. The Labute approximate surface area is 154 Å². The number of nitrogens with one attached hydrogen (secondary N) is 1. The van der Waals surface area contributed by atoms with E-state index in [0.717, 1.165) is 9.87 Å². The van der Waals surface area contributed by atoms with Gasteiger partial charge < -0.3 is 10.1 Å². The van der Waals surface area contributed by atoms with E-state index < -0.39 is 10.0 Å². The van der Waals surface area contributed by atoms with Gasteiger partial charge in [0.2, 0.25) is 15.9 Å². The van der Waals surface area contributed by atoms with E-state index in [9.17, 15) is 13.2 Å². The van der Waals surface area contributed by atoms with Crippen molar-refractivity contribution < 1.29 is 17.9 Å². The maximum Gasteiger partial charge on any atom is 0.243 e. The third kappa shape index (κ3) is 4.62. The number of hydrogen-bond donors (Lipinski definition) is 1. The van der Waals surface area contributed by atoms with Crippen molar-refractivity contribution in [1.29, 1.82) is 0 Å². The molecule has 0 saturated heterocycles. The summed E-state index contributed by atoms with van der Waals surface area (Å²) in [5, 5.41) is 2.82. The van der Waals surface area contributed by atoms with Crippen molar-refractivity contribution in [2.24, 2.45) is 0 Å². The lowest BCUT2D eigenvalue weighted by molar-refractivity contribution is -0.121. The highest BCUT2D eigenvalue weighted by atomic mass is 32.2. The molecule has 7 heteroatoms. The van der Waals surface area contributed by atoms with Crippen LogP contribution in [0.15, 0.2) is 53.4 Å². The molecule has 0 aliphatic heterocycles. The highest BCUT2D eigenvalue weighted by Crippen LogP contribution is 2.23. The van der Waals surface area contributed by atoms with Gasteiger partial charge in [-0.1, -0.05) is 30.3 Å². The first-order valence-electron chi connectivity index (χ1n) is 8.21. The van der Waals surface area contributed by atoms with Crippen molar-refractivity contribution in [2.75, 3.05) is 20.7 Å². The van der Waals surface area contributed by atoms with E-state index in [4.69, 9.17) is 4.74 Å². The number of ether oxygens (including phenoxy) is 1. The van der Waals surface area contributed by atoms with Crippen LogP contribution in [0.5, 0.6) is 5.75 Å². The summed E-state index contributed by atoms with van der Waals surface area (Å²) in [6, 6.07) is 13.9. The molecule has 1 N–H and O–H groups in total. The number of carbonyl (C=O) groups excluding carboxylic acids is 1. The zero-order valence-corrected chi connectivity index (χ0v) is 16.2. The number of benzene rings is 2. The van der Waals surface area contributed by atoms with Gasteiger partial charge in [-0.25, -0.2) is 8.42 Å². The van der Waals surface area contributed by atoms with Gasteiger partial charge in [-0.3, -0.25) is 4.79 Å². The number of nitrogens with zero attached hydrogens (tertiary/aromatic N) is 1. The average molecular weight is 376 g/mol. The van der Waals surface area contributed by atoms with Crippen LogP contribution >= 0.6 is 0 Å². The van der Waals surface area contributed by atoms with E-state index >= 15 is 0 Å². The summed E-state index contributed by atoms with van der Waals surface area (Å²) in [6.07, 6.45) is 0. The normalized spacial score (nSPS) is 12.7.